The molecule has 182 valence electrons. The van der Waals surface area contributed by atoms with E-state index in [1.807, 2.05) is 11.8 Å². The zero-order chi connectivity index (χ0) is 25.0. The molecule has 1 amide bonds. The van der Waals surface area contributed by atoms with Crippen LogP contribution in [-0.2, 0) is 4.79 Å². The number of hydrogen-bond donors (Lipinski definition) is 3. The van der Waals surface area contributed by atoms with E-state index in [9.17, 15) is 15.2 Å². The number of nitrogens with two attached hydrogens (primary N) is 2. The fourth-order valence-corrected chi connectivity index (χ4v) is 4.64. The highest BCUT2D eigenvalue weighted by Gasteiger charge is 2.36. The van der Waals surface area contributed by atoms with Crippen LogP contribution in [0.5, 0.6) is 0 Å². The Bertz CT molecular complexity index is 1050. The maximum atomic E-state index is 12.6. The molecule has 1 unspecified atom stereocenters. The molecule has 1 aliphatic carbocycles. The first kappa shape index (κ1) is 25.3. The van der Waals surface area contributed by atoms with Crippen molar-refractivity contribution in [1.29, 1.82) is 5.26 Å². The topological polar surface area (TPSA) is 132 Å². The molecule has 2 heterocycles. The minimum atomic E-state index is -0.155. The van der Waals surface area contributed by atoms with Crippen molar-refractivity contribution in [3.63, 3.8) is 0 Å². The predicted molar refractivity (Wildman–Crippen MR) is 135 cm³/mol. The molecule has 0 aromatic carbocycles. The molecule has 1 aliphatic heterocycles. The average Bonchev–Trinajstić information content (AvgIpc) is 3.66. The highest BCUT2D eigenvalue weighted by atomic mass is 16.3. The molecule has 2 aliphatic rings. The Balaban J connectivity index is 2.06. The van der Waals surface area contributed by atoms with Gasteiger partial charge < -0.3 is 26.4 Å². The van der Waals surface area contributed by atoms with Gasteiger partial charge in [0.15, 0.2) is 0 Å². The number of carbonyl (C=O) groups is 1. The van der Waals surface area contributed by atoms with Crippen LogP contribution in [0.3, 0.4) is 0 Å². The summed E-state index contributed by atoms with van der Waals surface area (Å²) in [5.41, 5.74) is 16.4. The summed E-state index contributed by atoms with van der Waals surface area (Å²) < 4.78 is 0. The van der Waals surface area contributed by atoms with E-state index in [1.54, 1.807) is 12.2 Å². The molecule has 1 saturated carbocycles. The van der Waals surface area contributed by atoms with E-state index in [1.165, 1.54) is 6.20 Å². The highest BCUT2D eigenvalue weighted by Crippen LogP contribution is 2.44. The van der Waals surface area contributed by atoms with Crippen LogP contribution in [0.1, 0.15) is 61.4 Å². The molecule has 1 atom stereocenters. The maximum absolute atomic E-state index is 12.6. The number of carbonyl (C=O) groups excluding carboxylic acids is 1. The number of hydrogen-bond acceptors (Lipinski definition) is 7. The summed E-state index contributed by atoms with van der Waals surface area (Å²) in [6.07, 6.45) is 7.05. The number of aliphatic hydroxyl groups is 1. The number of piperazine rings is 1. The standard InChI is InChI=1S/C26H36N6O2/c1-5-18(13-27)12-21(29)24-17(4)20(14-28)26(30-25(24)19-6-7-19)31-9-10-32(23(34)8-11-33)22(15-31)16(2)3/h5,12-13,16,19,22,33H,1,6-11,15,27,29H2,2-4H3/b18-13-,21-12-. The Labute approximate surface area is 202 Å². The van der Waals surface area contributed by atoms with Gasteiger partial charge in [-0.15, -0.1) is 0 Å². The van der Waals surface area contributed by atoms with Crippen LogP contribution < -0.4 is 16.4 Å². The maximum Gasteiger partial charge on any atom is 0.225 e. The van der Waals surface area contributed by atoms with Crippen molar-refractivity contribution in [3.8, 4) is 6.07 Å². The smallest absolute Gasteiger partial charge is 0.225 e. The van der Waals surface area contributed by atoms with E-state index in [2.05, 4.69) is 31.4 Å². The van der Waals surface area contributed by atoms with Crippen LogP contribution in [-0.4, -0.2) is 53.2 Å². The number of amides is 1. The molecule has 5 N–H and O–H groups in total. The van der Waals surface area contributed by atoms with Gasteiger partial charge in [-0.05, 0) is 42.9 Å². The summed E-state index contributed by atoms with van der Waals surface area (Å²) in [6.45, 7) is 11.4. The number of pyridine rings is 1. The summed E-state index contributed by atoms with van der Waals surface area (Å²) in [4.78, 5) is 21.6. The van der Waals surface area contributed by atoms with Gasteiger partial charge in [-0.25, -0.2) is 4.98 Å². The van der Waals surface area contributed by atoms with Crippen molar-refractivity contribution in [1.82, 2.24) is 9.88 Å². The molecule has 34 heavy (non-hydrogen) atoms. The van der Waals surface area contributed by atoms with Gasteiger partial charge >= 0.3 is 0 Å². The molecule has 1 aromatic rings. The summed E-state index contributed by atoms with van der Waals surface area (Å²) in [6, 6.07) is 2.34. The molecule has 1 saturated heterocycles. The van der Waals surface area contributed by atoms with Crippen LogP contribution >= 0.6 is 0 Å². The number of aromatic nitrogens is 1. The van der Waals surface area contributed by atoms with Crippen molar-refractivity contribution in [2.45, 2.75) is 52.0 Å². The lowest BCUT2D eigenvalue weighted by atomic mass is 9.94. The number of rotatable bonds is 8. The lowest BCUT2D eigenvalue weighted by Crippen LogP contribution is -2.57. The number of anilines is 1. The van der Waals surface area contributed by atoms with E-state index in [4.69, 9.17) is 16.5 Å². The largest absolute Gasteiger partial charge is 0.404 e. The summed E-state index contributed by atoms with van der Waals surface area (Å²) in [5.74, 6) is 1.16. The summed E-state index contributed by atoms with van der Waals surface area (Å²) in [7, 11) is 0. The monoisotopic (exact) mass is 464 g/mol. The van der Waals surface area contributed by atoms with Gasteiger partial charge in [0.05, 0.1) is 23.9 Å². The van der Waals surface area contributed by atoms with Crippen LogP contribution in [0.4, 0.5) is 5.82 Å². The molecule has 3 rings (SSSR count). The van der Waals surface area contributed by atoms with E-state index in [0.717, 1.165) is 29.7 Å². The first-order valence-corrected chi connectivity index (χ1v) is 11.9. The van der Waals surface area contributed by atoms with Crippen molar-refractivity contribution >= 4 is 17.4 Å². The first-order chi connectivity index (χ1) is 16.3. The fraction of sp³-hybridized carbons (Fsp3) is 0.500. The third-order valence-corrected chi connectivity index (χ3v) is 6.70. The third kappa shape index (κ3) is 5.10. The van der Waals surface area contributed by atoms with Crippen LogP contribution in [0.25, 0.3) is 5.70 Å². The Morgan fingerprint density at radius 2 is 2.09 bits per heavy atom. The predicted octanol–water partition coefficient (Wildman–Crippen LogP) is 2.52. The lowest BCUT2D eigenvalue weighted by Gasteiger charge is -2.44. The molecule has 0 radical (unpaired) electrons. The van der Waals surface area contributed by atoms with Gasteiger partial charge in [0.1, 0.15) is 11.9 Å². The molecule has 0 spiro atoms. The van der Waals surface area contributed by atoms with E-state index < -0.39 is 0 Å². The van der Waals surface area contributed by atoms with E-state index >= 15 is 0 Å². The van der Waals surface area contributed by atoms with Gasteiger partial charge in [0.25, 0.3) is 0 Å². The van der Waals surface area contributed by atoms with Crippen molar-refractivity contribution in [2.24, 2.45) is 17.4 Å². The SMILES string of the molecule is C=CC(=C/N)/C=C(\N)c1c(C2CC2)nc(N2CCN(C(=O)CCO)C(C(C)C)C2)c(C#N)c1C. The lowest BCUT2D eigenvalue weighted by molar-refractivity contribution is -0.135. The van der Waals surface area contributed by atoms with Gasteiger partial charge in [0, 0.05) is 49.4 Å². The molecule has 1 aromatic heterocycles. The normalized spacial score (nSPS) is 19.4. The minimum Gasteiger partial charge on any atom is -0.404 e. The Morgan fingerprint density at radius 1 is 1.38 bits per heavy atom. The van der Waals surface area contributed by atoms with Crippen molar-refractivity contribution < 1.29 is 9.90 Å². The van der Waals surface area contributed by atoms with Crippen LogP contribution in [0.15, 0.2) is 30.5 Å². The Hall–Kier alpha value is -3.31. The van der Waals surface area contributed by atoms with Gasteiger partial charge in [-0.2, -0.15) is 5.26 Å². The number of allylic oxidation sites excluding steroid dienone is 3. The van der Waals surface area contributed by atoms with Gasteiger partial charge in [-0.3, -0.25) is 4.79 Å². The molecular formula is C26H36N6O2. The first-order valence-electron chi connectivity index (χ1n) is 11.9. The average molecular weight is 465 g/mol. The van der Waals surface area contributed by atoms with Crippen LogP contribution in [0, 0.1) is 24.2 Å². The van der Waals surface area contributed by atoms with Crippen molar-refractivity contribution in [3.05, 3.63) is 52.9 Å². The minimum absolute atomic E-state index is 0.0275. The summed E-state index contributed by atoms with van der Waals surface area (Å²) >= 11 is 0. The molecule has 2 fully saturated rings. The van der Waals surface area contributed by atoms with Crippen LogP contribution in [0.2, 0.25) is 0 Å². The second-order valence-electron chi connectivity index (χ2n) is 9.37. The quantitative estimate of drug-likeness (QED) is 0.504. The third-order valence-electron chi connectivity index (χ3n) is 6.70. The number of aliphatic hydroxyl groups excluding tert-OH is 1. The Morgan fingerprint density at radius 3 is 2.62 bits per heavy atom. The molecular weight excluding hydrogens is 428 g/mol. The molecule has 0 bridgehead atoms. The Kier molecular flexibility index (Phi) is 8.00. The zero-order valence-electron chi connectivity index (χ0n) is 20.4. The summed E-state index contributed by atoms with van der Waals surface area (Å²) in [5, 5.41) is 19.4. The van der Waals surface area contributed by atoms with Gasteiger partial charge in [-0.1, -0.05) is 26.5 Å². The molecule has 8 heteroatoms. The molecule has 8 nitrogen and oxygen atoms in total. The second kappa shape index (κ2) is 10.7. The van der Waals surface area contributed by atoms with E-state index in [-0.39, 0.29) is 30.9 Å². The van der Waals surface area contributed by atoms with Gasteiger partial charge in [0.2, 0.25) is 5.91 Å². The highest BCUT2D eigenvalue weighted by molar-refractivity contribution is 5.78. The van der Waals surface area contributed by atoms with E-state index in [0.29, 0.717) is 48.2 Å². The second-order valence-corrected chi connectivity index (χ2v) is 9.37. The fourth-order valence-electron chi connectivity index (χ4n) is 4.64. The number of nitriles is 1. The number of nitrogens with zero attached hydrogens (tertiary/aromatic N) is 4. The van der Waals surface area contributed by atoms with Crippen molar-refractivity contribution in [2.75, 3.05) is 31.1 Å². The zero-order valence-corrected chi connectivity index (χ0v) is 20.4.